The molecule has 16 heavy (non-hydrogen) atoms. The van der Waals surface area contributed by atoms with Crippen LogP contribution in [0.3, 0.4) is 0 Å². The molecule has 0 aliphatic heterocycles. The number of alkyl carbamates (subject to hydrolysis) is 1. The van der Waals surface area contributed by atoms with Crippen LogP contribution < -0.4 is 5.32 Å². The molecule has 86 valence electrons. The van der Waals surface area contributed by atoms with Crippen LogP contribution in [0.15, 0.2) is 16.6 Å². The maximum Gasteiger partial charge on any atom is 0.407 e. The number of rotatable bonds is 1. The Morgan fingerprint density at radius 3 is 3.06 bits per heavy atom. The predicted octanol–water partition coefficient (Wildman–Crippen LogP) is 3.45. The number of ether oxygens (including phenoxy) is 1. The Bertz CT molecular complexity index is 436. The number of amides is 1. The van der Waals surface area contributed by atoms with Crippen molar-refractivity contribution < 1.29 is 9.53 Å². The lowest BCUT2D eigenvalue weighted by Gasteiger charge is -2.13. The van der Waals surface area contributed by atoms with Gasteiger partial charge in [0, 0.05) is 11.5 Å². The molecule has 0 bridgehead atoms. The van der Waals surface area contributed by atoms with Crippen molar-refractivity contribution in [2.75, 3.05) is 7.05 Å². The summed E-state index contributed by atoms with van der Waals surface area (Å²) in [6.45, 7) is 0. The van der Waals surface area contributed by atoms with Crippen LogP contribution in [-0.4, -0.2) is 13.1 Å². The molecule has 1 amide bonds. The Hall–Kier alpha value is -0.740. The fourth-order valence-corrected chi connectivity index (χ4v) is 2.54. The van der Waals surface area contributed by atoms with E-state index in [1.165, 1.54) is 0 Å². The predicted molar refractivity (Wildman–Crippen MR) is 65.8 cm³/mol. The molecule has 0 heterocycles. The highest BCUT2D eigenvalue weighted by molar-refractivity contribution is 9.10. The molecule has 0 aromatic heterocycles. The van der Waals surface area contributed by atoms with E-state index in [-0.39, 0.29) is 6.10 Å². The van der Waals surface area contributed by atoms with Gasteiger partial charge in [-0.25, -0.2) is 4.79 Å². The van der Waals surface area contributed by atoms with Gasteiger partial charge in [-0.15, -0.1) is 0 Å². The van der Waals surface area contributed by atoms with E-state index in [1.807, 2.05) is 12.1 Å². The number of hydrogen-bond acceptors (Lipinski definition) is 2. The molecular formula is C11H11BrClNO2. The molecule has 0 fully saturated rings. The highest BCUT2D eigenvalue weighted by Crippen LogP contribution is 2.40. The van der Waals surface area contributed by atoms with E-state index in [2.05, 4.69) is 21.2 Å². The van der Waals surface area contributed by atoms with Crippen molar-refractivity contribution in [3.8, 4) is 0 Å². The van der Waals surface area contributed by atoms with Crippen molar-refractivity contribution in [1.82, 2.24) is 5.32 Å². The van der Waals surface area contributed by atoms with Crippen LogP contribution in [-0.2, 0) is 11.2 Å². The van der Waals surface area contributed by atoms with Crippen molar-refractivity contribution in [3.63, 3.8) is 0 Å². The smallest absolute Gasteiger partial charge is 0.407 e. The zero-order chi connectivity index (χ0) is 11.7. The van der Waals surface area contributed by atoms with Gasteiger partial charge in [-0.05, 0) is 46.0 Å². The van der Waals surface area contributed by atoms with Crippen molar-refractivity contribution in [2.24, 2.45) is 0 Å². The molecule has 0 radical (unpaired) electrons. The average molecular weight is 305 g/mol. The van der Waals surface area contributed by atoms with E-state index in [9.17, 15) is 4.79 Å². The Balaban J connectivity index is 2.27. The lowest BCUT2D eigenvalue weighted by Crippen LogP contribution is -2.21. The van der Waals surface area contributed by atoms with Crippen molar-refractivity contribution in [3.05, 3.63) is 32.8 Å². The molecule has 3 nitrogen and oxygen atoms in total. The molecule has 1 unspecified atom stereocenters. The fraction of sp³-hybridized carbons (Fsp3) is 0.364. The van der Waals surface area contributed by atoms with Crippen LogP contribution in [0.4, 0.5) is 4.79 Å². The second-order valence-corrected chi connectivity index (χ2v) is 4.84. The van der Waals surface area contributed by atoms with Crippen molar-refractivity contribution >= 4 is 33.6 Å². The van der Waals surface area contributed by atoms with Gasteiger partial charge in [0.25, 0.3) is 0 Å². The SMILES string of the molecule is CNC(=O)OC1CCc2c1ccc(Br)c2Cl. The average Bonchev–Trinajstić information content (AvgIpc) is 2.67. The highest BCUT2D eigenvalue weighted by atomic mass is 79.9. The first-order valence-electron chi connectivity index (χ1n) is 4.98. The maximum atomic E-state index is 11.2. The Kier molecular flexibility index (Phi) is 3.40. The Morgan fingerprint density at radius 1 is 1.62 bits per heavy atom. The Labute approximate surface area is 107 Å². The van der Waals surface area contributed by atoms with Gasteiger partial charge in [0.05, 0.1) is 5.02 Å². The lowest BCUT2D eigenvalue weighted by atomic mass is 10.1. The fourth-order valence-electron chi connectivity index (χ4n) is 1.90. The Morgan fingerprint density at radius 2 is 2.38 bits per heavy atom. The van der Waals surface area contributed by atoms with Gasteiger partial charge in [0.1, 0.15) is 6.10 Å². The number of carbonyl (C=O) groups is 1. The quantitative estimate of drug-likeness (QED) is 0.863. The zero-order valence-corrected chi connectivity index (χ0v) is 11.1. The van der Waals surface area contributed by atoms with Crippen LogP contribution in [0.2, 0.25) is 5.02 Å². The number of fused-ring (bicyclic) bond motifs is 1. The minimum Gasteiger partial charge on any atom is -0.441 e. The third-order valence-corrected chi connectivity index (χ3v) is 4.01. The third kappa shape index (κ3) is 2.04. The van der Waals surface area contributed by atoms with Crippen molar-refractivity contribution in [1.29, 1.82) is 0 Å². The van der Waals surface area contributed by atoms with Gasteiger partial charge in [0.15, 0.2) is 0 Å². The van der Waals surface area contributed by atoms with Crippen LogP contribution >= 0.6 is 27.5 Å². The molecule has 1 aliphatic rings. The zero-order valence-electron chi connectivity index (χ0n) is 8.72. The number of halogens is 2. The first kappa shape index (κ1) is 11.7. The van der Waals surface area contributed by atoms with E-state index < -0.39 is 6.09 Å². The van der Waals surface area contributed by atoms with Gasteiger partial charge in [-0.3, -0.25) is 0 Å². The van der Waals surface area contributed by atoms with Gasteiger partial charge in [0.2, 0.25) is 0 Å². The normalized spacial score (nSPS) is 18.1. The second kappa shape index (κ2) is 4.63. The van der Waals surface area contributed by atoms with Gasteiger partial charge < -0.3 is 10.1 Å². The summed E-state index contributed by atoms with van der Waals surface area (Å²) in [5.41, 5.74) is 2.08. The summed E-state index contributed by atoms with van der Waals surface area (Å²) in [4.78, 5) is 11.2. The number of carbonyl (C=O) groups excluding carboxylic acids is 1. The molecule has 0 saturated carbocycles. The first-order valence-corrected chi connectivity index (χ1v) is 6.15. The monoisotopic (exact) mass is 303 g/mol. The van der Waals surface area contributed by atoms with E-state index in [1.54, 1.807) is 7.05 Å². The summed E-state index contributed by atoms with van der Waals surface area (Å²) in [6.07, 6.45) is 1.05. The number of benzene rings is 1. The molecule has 0 spiro atoms. The first-order chi connectivity index (χ1) is 7.63. The van der Waals surface area contributed by atoms with Crippen LogP contribution in [0.25, 0.3) is 0 Å². The molecular weight excluding hydrogens is 293 g/mol. The molecule has 1 aliphatic carbocycles. The van der Waals surface area contributed by atoms with E-state index in [0.717, 1.165) is 33.5 Å². The molecule has 1 N–H and O–H groups in total. The highest BCUT2D eigenvalue weighted by Gasteiger charge is 2.27. The standard InChI is InChI=1S/C11H11BrClNO2/c1-14-11(15)16-9-5-3-7-6(9)2-4-8(12)10(7)13/h2,4,9H,3,5H2,1H3,(H,14,15). The van der Waals surface area contributed by atoms with Crippen LogP contribution in [0.1, 0.15) is 23.7 Å². The van der Waals surface area contributed by atoms with Gasteiger partial charge in [-0.1, -0.05) is 17.7 Å². The molecule has 1 aromatic carbocycles. The van der Waals surface area contributed by atoms with Gasteiger partial charge >= 0.3 is 6.09 Å². The van der Waals surface area contributed by atoms with Crippen LogP contribution in [0, 0.1) is 0 Å². The van der Waals surface area contributed by atoms with Crippen molar-refractivity contribution in [2.45, 2.75) is 18.9 Å². The number of nitrogens with one attached hydrogen (secondary N) is 1. The topological polar surface area (TPSA) is 38.3 Å². The second-order valence-electron chi connectivity index (χ2n) is 3.61. The molecule has 0 saturated heterocycles. The molecule has 2 rings (SSSR count). The summed E-state index contributed by atoms with van der Waals surface area (Å²) in [6, 6.07) is 3.83. The summed E-state index contributed by atoms with van der Waals surface area (Å²) < 4.78 is 6.14. The summed E-state index contributed by atoms with van der Waals surface area (Å²) in [5, 5.41) is 3.17. The maximum absolute atomic E-state index is 11.2. The van der Waals surface area contributed by atoms with E-state index >= 15 is 0 Å². The third-order valence-electron chi connectivity index (χ3n) is 2.69. The minimum absolute atomic E-state index is 0.180. The summed E-state index contributed by atoms with van der Waals surface area (Å²) >= 11 is 9.55. The van der Waals surface area contributed by atoms with E-state index in [4.69, 9.17) is 16.3 Å². The molecule has 5 heteroatoms. The number of hydrogen-bond donors (Lipinski definition) is 1. The van der Waals surface area contributed by atoms with E-state index in [0.29, 0.717) is 0 Å². The van der Waals surface area contributed by atoms with Crippen LogP contribution in [0.5, 0.6) is 0 Å². The summed E-state index contributed by atoms with van der Waals surface area (Å²) in [5.74, 6) is 0. The minimum atomic E-state index is -0.406. The molecule has 1 atom stereocenters. The molecule has 1 aromatic rings. The lowest BCUT2D eigenvalue weighted by molar-refractivity contribution is 0.100. The van der Waals surface area contributed by atoms with Gasteiger partial charge in [-0.2, -0.15) is 0 Å². The summed E-state index contributed by atoms with van der Waals surface area (Å²) in [7, 11) is 1.55. The largest absolute Gasteiger partial charge is 0.441 e.